The first kappa shape index (κ1) is 19.7. The van der Waals surface area contributed by atoms with Crippen LogP contribution in [0.5, 0.6) is 0 Å². The Morgan fingerprint density at radius 1 is 1.25 bits per heavy atom. The van der Waals surface area contributed by atoms with E-state index in [-0.39, 0.29) is 23.7 Å². The van der Waals surface area contributed by atoms with E-state index in [9.17, 15) is 4.79 Å². The van der Waals surface area contributed by atoms with Crippen molar-refractivity contribution >= 4 is 14.3 Å². The minimum Gasteiger partial charge on any atom is -0.481 e. The van der Waals surface area contributed by atoms with Crippen LogP contribution in [0.1, 0.15) is 59.3 Å². The molecular weight excluding hydrogens is 320 g/mol. The van der Waals surface area contributed by atoms with Crippen molar-refractivity contribution in [3.05, 3.63) is 12.2 Å². The molecule has 2 rings (SSSR count). The molecule has 1 N–H and O–H groups in total. The summed E-state index contributed by atoms with van der Waals surface area (Å²) in [4.78, 5) is 10.5. The molecule has 2 bridgehead atoms. The summed E-state index contributed by atoms with van der Waals surface area (Å²) in [5, 5.41) is 8.88. The topological polar surface area (TPSA) is 55.8 Å². The number of aliphatic carboxylic acids is 1. The molecule has 0 radical (unpaired) electrons. The highest BCUT2D eigenvalue weighted by Gasteiger charge is 2.52. The lowest BCUT2D eigenvalue weighted by Crippen LogP contribution is -2.48. The summed E-state index contributed by atoms with van der Waals surface area (Å²) in [7, 11) is -1.79. The number of unbranched alkanes of at least 4 members (excludes halogenated alkanes) is 1. The van der Waals surface area contributed by atoms with Crippen molar-refractivity contribution in [2.24, 2.45) is 5.92 Å². The van der Waals surface area contributed by atoms with Crippen LogP contribution in [0.3, 0.4) is 0 Å². The zero-order valence-electron chi connectivity index (χ0n) is 15.9. The monoisotopic (exact) mass is 354 g/mol. The smallest absolute Gasteiger partial charge is 0.303 e. The summed E-state index contributed by atoms with van der Waals surface area (Å²) < 4.78 is 12.9. The molecule has 24 heavy (non-hydrogen) atoms. The normalized spacial score (nSPS) is 30.4. The van der Waals surface area contributed by atoms with Crippen molar-refractivity contribution in [1.29, 1.82) is 0 Å². The summed E-state index contributed by atoms with van der Waals surface area (Å²) >= 11 is 0. The Morgan fingerprint density at radius 3 is 2.54 bits per heavy atom. The zero-order chi connectivity index (χ0) is 18.0. The maximum absolute atomic E-state index is 10.5. The van der Waals surface area contributed by atoms with Gasteiger partial charge in [0.2, 0.25) is 0 Å². The average molecular weight is 355 g/mol. The number of carbonyl (C=O) groups is 1. The molecule has 0 aromatic carbocycles. The van der Waals surface area contributed by atoms with Crippen molar-refractivity contribution in [3.63, 3.8) is 0 Å². The van der Waals surface area contributed by atoms with E-state index < -0.39 is 14.3 Å². The molecule has 0 unspecified atom stereocenters. The van der Waals surface area contributed by atoms with Gasteiger partial charge in [0, 0.05) is 12.3 Å². The summed E-state index contributed by atoms with van der Waals surface area (Å²) in [5.74, 6) is -0.263. The molecule has 2 aliphatic heterocycles. The first-order valence-corrected chi connectivity index (χ1v) is 12.2. The fourth-order valence-corrected chi connectivity index (χ4v) is 4.80. The molecule has 0 spiro atoms. The summed E-state index contributed by atoms with van der Waals surface area (Å²) in [5.41, 5.74) is 0. The second-order valence-corrected chi connectivity index (χ2v) is 13.5. The third kappa shape index (κ3) is 4.70. The number of carboxylic acids is 1. The predicted molar refractivity (Wildman–Crippen MR) is 98.7 cm³/mol. The Balaban J connectivity index is 1.90. The van der Waals surface area contributed by atoms with Crippen molar-refractivity contribution in [2.45, 2.75) is 95.7 Å². The van der Waals surface area contributed by atoms with Crippen LogP contribution in [0.2, 0.25) is 18.1 Å². The van der Waals surface area contributed by atoms with Gasteiger partial charge in [0.25, 0.3) is 0 Å². The van der Waals surface area contributed by atoms with Crippen LogP contribution < -0.4 is 0 Å². The van der Waals surface area contributed by atoms with E-state index >= 15 is 0 Å². The van der Waals surface area contributed by atoms with E-state index in [1.54, 1.807) is 0 Å². The van der Waals surface area contributed by atoms with Crippen LogP contribution >= 0.6 is 0 Å². The molecule has 0 aliphatic carbocycles. The van der Waals surface area contributed by atoms with Crippen LogP contribution in [0.4, 0.5) is 0 Å². The fourth-order valence-electron chi connectivity index (χ4n) is 3.44. The summed E-state index contributed by atoms with van der Waals surface area (Å²) in [6, 6.07) is 0. The summed E-state index contributed by atoms with van der Waals surface area (Å²) in [6.07, 6.45) is 10.2. The third-order valence-electron chi connectivity index (χ3n) is 5.92. The molecule has 0 amide bonds. The second-order valence-electron chi connectivity index (χ2n) is 8.79. The largest absolute Gasteiger partial charge is 0.481 e. The van der Waals surface area contributed by atoms with Gasteiger partial charge in [-0.15, -0.1) is 0 Å². The van der Waals surface area contributed by atoms with Gasteiger partial charge in [-0.2, -0.15) is 0 Å². The molecule has 4 atom stereocenters. The van der Waals surface area contributed by atoms with E-state index in [0.717, 1.165) is 25.7 Å². The van der Waals surface area contributed by atoms with E-state index in [1.165, 1.54) is 0 Å². The Labute approximate surface area is 147 Å². The maximum Gasteiger partial charge on any atom is 0.303 e. The first-order chi connectivity index (χ1) is 11.1. The van der Waals surface area contributed by atoms with Crippen LogP contribution in [-0.4, -0.2) is 37.7 Å². The van der Waals surface area contributed by atoms with Crippen LogP contribution in [0.15, 0.2) is 12.2 Å². The molecule has 2 fully saturated rings. The van der Waals surface area contributed by atoms with Gasteiger partial charge in [0.05, 0.1) is 18.3 Å². The molecule has 2 heterocycles. The highest BCUT2D eigenvalue weighted by Crippen LogP contribution is 2.46. The first-order valence-electron chi connectivity index (χ1n) is 9.32. The highest BCUT2D eigenvalue weighted by atomic mass is 28.4. The van der Waals surface area contributed by atoms with Gasteiger partial charge in [-0.25, -0.2) is 0 Å². The number of hydrogen-bond acceptors (Lipinski definition) is 3. The van der Waals surface area contributed by atoms with Crippen LogP contribution in [0.25, 0.3) is 0 Å². The van der Waals surface area contributed by atoms with Gasteiger partial charge in [-0.1, -0.05) is 32.9 Å². The van der Waals surface area contributed by atoms with Crippen molar-refractivity contribution < 1.29 is 19.1 Å². The van der Waals surface area contributed by atoms with Gasteiger partial charge in [-0.3, -0.25) is 4.79 Å². The predicted octanol–water partition coefficient (Wildman–Crippen LogP) is 4.76. The molecular formula is C19H34O4Si. The second kappa shape index (κ2) is 7.71. The van der Waals surface area contributed by atoms with Crippen molar-refractivity contribution in [2.75, 3.05) is 0 Å². The number of ether oxygens (including phenoxy) is 1. The quantitative estimate of drug-likeness (QED) is 0.388. The Bertz CT molecular complexity index is 466. The average Bonchev–Trinajstić information content (AvgIpc) is 3.03. The van der Waals surface area contributed by atoms with E-state index in [1.807, 2.05) is 0 Å². The number of carboxylic acid groups (broad SMARTS) is 1. The molecule has 2 saturated heterocycles. The number of rotatable bonds is 8. The van der Waals surface area contributed by atoms with Gasteiger partial charge >= 0.3 is 5.97 Å². The van der Waals surface area contributed by atoms with Gasteiger partial charge in [-0.05, 0) is 50.2 Å². The number of fused-ring (bicyclic) bond motifs is 2. The third-order valence-corrected chi connectivity index (χ3v) is 10.4. The fraction of sp³-hybridized carbons (Fsp3) is 0.842. The molecule has 4 nitrogen and oxygen atoms in total. The summed E-state index contributed by atoms with van der Waals surface area (Å²) in [6.45, 7) is 11.5. The highest BCUT2D eigenvalue weighted by molar-refractivity contribution is 6.74. The molecule has 2 aliphatic rings. The maximum atomic E-state index is 10.5. The number of hydrogen-bond donors (Lipinski definition) is 1. The molecule has 0 saturated carbocycles. The minimum absolute atomic E-state index is 0.214. The van der Waals surface area contributed by atoms with Crippen LogP contribution in [0, 0.1) is 5.92 Å². The molecule has 0 aromatic rings. The van der Waals surface area contributed by atoms with Crippen molar-refractivity contribution in [3.8, 4) is 0 Å². The van der Waals surface area contributed by atoms with E-state index in [2.05, 4.69) is 46.0 Å². The minimum atomic E-state index is -1.79. The standard InChI is InChI=1S/C19H34O4Si/c1-19(2,3)24(4,5)23-18-14(15-12-13-16(18)22-15)10-8-6-7-9-11-17(20)21/h6,8,14-16,18H,7,9-13H2,1-5H3,(H,20,21)/t14-,15-,16+,18-/m0/s1. The lowest BCUT2D eigenvalue weighted by atomic mass is 9.84. The van der Waals surface area contributed by atoms with Gasteiger partial charge in [0.1, 0.15) is 0 Å². The Kier molecular flexibility index (Phi) is 6.32. The molecule has 5 heteroatoms. The van der Waals surface area contributed by atoms with E-state index in [4.69, 9.17) is 14.3 Å². The SMILES string of the molecule is CC(C)(C)[Si](C)(C)O[C@H]1[C@@H](CC=CCCCC(=O)O)[C@@H]2CC[C@H]1O2. The Hall–Kier alpha value is -0.653. The molecule has 0 aromatic heterocycles. The zero-order valence-corrected chi connectivity index (χ0v) is 16.9. The van der Waals surface area contributed by atoms with Gasteiger partial charge in [0.15, 0.2) is 8.32 Å². The van der Waals surface area contributed by atoms with Crippen LogP contribution in [-0.2, 0) is 14.0 Å². The number of allylic oxidation sites excluding steroid dienone is 2. The Morgan fingerprint density at radius 2 is 1.92 bits per heavy atom. The van der Waals surface area contributed by atoms with Crippen molar-refractivity contribution in [1.82, 2.24) is 0 Å². The lowest BCUT2D eigenvalue weighted by molar-refractivity contribution is -0.137. The molecule has 138 valence electrons. The van der Waals surface area contributed by atoms with Gasteiger partial charge < -0.3 is 14.3 Å². The van der Waals surface area contributed by atoms with E-state index in [0.29, 0.717) is 18.4 Å². The lowest BCUT2D eigenvalue weighted by Gasteiger charge is -2.41.